The van der Waals surface area contributed by atoms with Crippen molar-refractivity contribution in [3.8, 4) is 0 Å². The molecule has 3 N–H and O–H groups in total. The highest BCUT2D eigenvalue weighted by atomic mass is 32.2. The van der Waals surface area contributed by atoms with Crippen molar-refractivity contribution in [3.05, 3.63) is 24.3 Å². The molecule has 2 rings (SSSR count). The summed E-state index contributed by atoms with van der Waals surface area (Å²) in [5.41, 5.74) is 5.98. The van der Waals surface area contributed by atoms with Crippen LogP contribution in [0.5, 0.6) is 0 Å². The minimum Gasteiger partial charge on any atom is -0.381 e. The normalized spacial score (nSPS) is 23.2. The van der Waals surface area contributed by atoms with Crippen molar-refractivity contribution < 1.29 is 17.2 Å². The second-order valence-corrected chi connectivity index (χ2v) is 7.22. The van der Waals surface area contributed by atoms with Crippen LogP contribution in [0.1, 0.15) is 25.7 Å². The number of nitrogens with two attached hydrogens (primary N) is 1. The fourth-order valence-corrected chi connectivity index (χ4v) is 3.70. The van der Waals surface area contributed by atoms with Crippen LogP contribution in [0.15, 0.2) is 29.2 Å². The van der Waals surface area contributed by atoms with E-state index in [9.17, 15) is 17.2 Å². The predicted octanol–water partition coefficient (Wildman–Crippen LogP) is 2.61. The van der Waals surface area contributed by atoms with E-state index in [1.165, 1.54) is 18.2 Å². The van der Waals surface area contributed by atoms with Gasteiger partial charge >= 0.3 is 5.76 Å². The van der Waals surface area contributed by atoms with Crippen molar-refractivity contribution in [1.82, 2.24) is 0 Å². The van der Waals surface area contributed by atoms with Crippen molar-refractivity contribution in [1.29, 1.82) is 0 Å². The molecule has 1 aromatic carbocycles. The molecule has 0 amide bonds. The van der Waals surface area contributed by atoms with Gasteiger partial charge in [0.05, 0.1) is 10.6 Å². The SMILES string of the molecule is NCC1CCCCC1Nc1ccccc1S(=O)(=O)C(F)F. The zero-order valence-electron chi connectivity index (χ0n) is 11.6. The van der Waals surface area contributed by atoms with Crippen LogP contribution in [0.2, 0.25) is 0 Å². The minimum absolute atomic E-state index is 0.0257. The summed E-state index contributed by atoms with van der Waals surface area (Å²) in [7, 11) is -4.61. The molecule has 0 heterocycles. The van der Waals surface area contributed by atoms with Crippen LogP contribution in [-0.4, -0.2) is 26.8 Å². The molecule has 0 radical (unpaired) electrons. The molecule has 1 fully saturated rings. The monoisotopic (exact) mass is 318 g/mol. The molecule has 1 aliphatic carbocycles. The van der Waals surface area contributed by atoms with Gasteiger partial charge in [-0.3, -0.25) is 0 Å². The van der Waals surface area contributed by atoms with Crippen LogP contribution in [0.4, 0.5) is 14.5 Å². The molecule has 2 unspecified atom stereocenters. The second kappa shape index (κ2) is 6.70. The Morgan fingerprint density at radius 1 is 1.24 bits per heavy atom. The number of sulfone groups is 1. The Morgan fingerprint density at radius 2 is 1.90 bits per heavy atom. The molecule has 7 heteroatoms. The molecule has 0 spiro atoms. The van der Waals surface area contributed by atoms with Crippen LogP contribution >= 0.6 is 0 Å². The van der Waals surface area contributed by atoms with Crippen molar-refractivity contribution in [2.24, 2.45) is 11.7 Å². The van der Waals surface area contributed by atoms with E-state index in [2.05, 4.69) is 5.32 Å². The van der Waals surface area contributed by atoms with Gasteiger partial charge in [0.1, 0.15) is 0 Å². The number of rotatable bonds is 5. The van der Waals surface area contributed by atoms with Crippen LogP contribution in [0, 0.1) is 5.92 Å². The minimum atomic E-state index is -4.61. The topological polar surface area (TPSA) is 72.2 Å². The van der Waals surface area contributed by atoms with Gasteiger partial charge in [-0.15, -0.1) is 0 Å². The smallest absolute Gasteiger partial charge is 0.341 e. The number of halogens is 2. The van der Waals surface area contributed by atoms with Gasteiger partial charge in [-0.2, -0.15) is 8.78 Å². The highest BCUT2D eigenvalue weighted by Gasteiger charge is 2.31. The Morgan fingerprint density at radius 3 is 2.57 bits per heavy atom. The largest absolute Gasteiger partial charge is 0.381 e. The maximum atomic E-state index is 12.8. The van der Waals surface area contributed by atoms with Crippen molar-refractivity contribution in [2.75, 3.05) is 11.9 Å². The first kappa shape index (κ1) is 16.2. The lowest BCUT2D eigenvalue weighted by Gasteiger charge is -2.32. The van der Waals surface area contributed by atoms with Gasteiger partial charge in [0.25, 0.3) is 0 Å². The van der Waals surface area contributed by atoms with E-state index in [0.29, 0.717) is 6.54 Å². The lowest BCUT2D eigenvalue weighted by atomic mass is 9.84. The third-order valence-corrected chi connectivity index (χ3v) is 5.42. The van der Waals surface area contributed by atoms with Crippen LogP contribution in [0.3, 0.4) is 0 Å². The molecule has 0 saturated heterocycles. The van der Waals surface area contributed by atoms with E-state index in [4.69, 9.17) is 5.73 Å². The molecule has 4 nitrogen and oxygen atoms in total. The Bertz CT molecular complexity index is 578. The number of hydrogen-bond acceptors (Lipinski definition) is 4. The number of hydrogen-bond donors (Lipinski definition) is 2. The van der Waals surface area contributed by atoms with Crippen LogP contribution in [0.25, 0.3) is 0 Å². The molecule has 1 saturated carbocycles. The number of para-hydroxylation sites is 1. The number of anilines is 1. The van der Waals surface area contributed by atoms with Gasteiger partial charge in [-0.25, -0.2) is 8.42 Å². The van der Waals surface area contributed by atoms with Crippen LogP contribution < -0.4 is 11.1 Å². The summed E-state index contributed by atoms with van der Waals surface area (Å²) >= 11 is 0. The first-order valence-electron chi connectivity index (χ1n) is 7.04. The zero-order chi connectivity index (χ0) is 15.5. The first-order valence-corrected chi connectivity index (χ1v) is 8.59. The molecule has 1 aliphatic rings. The summed E-state index contributed by atoms with van der Waals surface area (Å²) in [4.78, 5) is -0.346. The number of alkyl halides is 2. The summed E-state index contributed by atoms with van der Waals surface area (Å²) in [6.45, 7) is 0.501. The Labute approximate surface area is 123 Å². The van der Waals surface area contributed by atoms with Gasteiger partial charge < -0.3 is 11.1 Å². The standard InChI is InChI=1S/C14H20F2N2O2S/c15-14(16)21(19,20)13-8-4-3-7-12(13)18-11-6-2-1-5-10(11)9-17/h3-4,7-8,10-11,14,18H,1-2,5-6,9,17H2. The Balaban J connectivity index is 2.28. The van der Waals surface area contributed by atoms with E-state index >= 15 is 0 Å². The molecule has 0 bridgehead atoms. The Kier molecular flexibility index (Phi) is 5.16. The first-order chi connectivity index (χ1) is 9.96. The van der Waals surface area contributed by atoms with Gasteiger partial charge in [0.2, 0.25) is 9.84 Å². The van der Waals surface area contributed by atoms with Crippen molar-refractivity contribution >= 4 is 15.5 Å². The molecule has 0 aromatic heterocycles. The lowest BCUT2D eigenvalue weighted by Crippen LogP contribution is -2.37. The summed E-state index contributed by atoms with van der Waals surface area (Å²) < 4.78 is 49.0. The summed E-state index contributed by atoms with van der Waals surface area (Å²) in [5.74, 6) is -3.18. The molecule has 1 aromatic rings. The molecule has 21 heavy (non-hydrogen) atoms. The summed E-state index contributed by atoms with van der Waals surface area (Å²) in [6, 6.07) is 5.84. The fraction of sp³-hybridized carbons (Fsp3) is 0.571. The molecular formula is C14H20F2N2O2S. The predicted molar refractivity (Wildman–Crippen MR) is 78.1 cm³/mol. The van der Waals surface area contributed by atoms with Crippen molar-refractivity contribution in [3.63, 3.8) is 0 Å². The van der Waals surface area contributed by atoms with E-state index in [-0.39, 0.29) is 22.5 Å². The quantitative estimate of drug-likeness (QED) is 0.875. The van der Waals surface area contributed by atoms with Gasteiger partial charge in [0, 0.05) is 6.04 Å². The van der Waals surface area contributed by atoms with E-state index in [1.54, 1.807) is 6.07 Å². The molecular weight excluding hydrogens is 298 g/mol. The second-order valence-electron chi connectivity index (χ2n) is 5.33. The highest BCUT2D eigenvalue weighted by molar-refractivity contribution is 7.91. The molecule has 2 atom stereocenters. The Hall–Kier alpha value is -1.21. The lowest BCUT2D eigenvalue weighted by molar-refractivity contribution is 0.235. The fourth-order valence-electron chi connectivity index (χ4n) is 2.81. The third-order valence-electron chi connectivity index (χ3n) is 3.98. The van der Waals surface area contributed by atoms with Gasteiger partial charge in [0.15, 0.2) is 0 Å². The number of benzene rings is 1. The average Bonchev–Trinajstić information content (AvgIpc) is 2.48. The third kappa shape index (κ3) is 3.52. The van der Waals surface area contributed by atoms with E-state index < -0.39 is 15.6 Å². The van der Waals surface area contributed by atoms with E-state index in [1.807, 2.05) is 0 Å². The molecule has 0 aliphatic heterocycles. The maximum Gasteiger partial charge on any atom is 0.341 e. The highest BCUT2D eigenvalue weighted by Crippen LogP contribution is 2.31. The average molecular weight is 318 g/mol. The van der Waals surface area contributed by atoms with Gasteiger partial charge in [-0.1, -0.05) is 25.0 Å². The van der Waals surface area contributed by atoms with Crippen LogP contribution in [-0.2, 0) is 9.84 Å². The molecule has 118 valence electrons. The number of nitrogens with one attached hydrogen (secondary N) is 1. The van der Waals surface area contributed by atoms with Gasteiger partial charge in [-0.05, 0) is 37.4 Å². The summed E-state index contributed by atoms with van der Waals surface area (Å²) in [6.07, 6.45) is 3.96. The van der Waals surface area contributed by atoms with E-state index in [0.717, 1.165) is 25.7 Å². The summed E-state index contributed by atoms with van der Waals surface area (Å²) in [5, 5.41) is 3.12. The van der Waals surface area contributed by atoms with Crippen molar-refractivity contribution in [2.45, 2.75) is 42.4 Å². The zero-order valence-corrected chi connectivity index (χ0v) is 12.5. The maximum absolute atomic E-state index is 12.8.